The lowest BCUT2D eigenvalue weighted by Crippen LogP contribution is -2.44. The Bertz CT molecular complexity index is 737. The van der Waals surface area contributed by atoms with Gasteiger partial charge in [-0.3, -0.25) is 0 Å². The summed E-state index contributed by atoms with van der Waals surface area (Å²) in [4.78, 5) is 20.0. The first-order chi connectivity index (χ1) is 13.2. The minimum absolute atomic E-state index is 0.183. The quantitative estimate of drug-likeness (QED) is 0.589. The standard InChI is InChI=1S/C22H30ClN3O2/c1-22(2,3)28-21(27)26-11-7-17(8-12-26)16-5-9-25(10-6-16)20-14-18(23)13-19(15-20)24-4/h13-17H,5-12H2,1-3H3. The largest absolute Gasteiger partial charge is 0.444 e. The van der Waals surface area contributed by atoms with Crippen LogP contribution in [0.5, 0.6) is 0 Å². The number of benzene rings is 1. The van der Waals surface area contributed by atoms with Crippen LogP contribution in [-0.2, 0) is 4.74 Å². The number of halogens is 1. The molecule has 0 unspecified atom stereocenters. The Labute approximate surface area is 173 Å². The highest BCUT2D eigenvalue weighted by atomic mass is 35.5. The van der Waals surface area contributed by atoms with Gasteiger partial charge in [0.25, 0.3) is 0 Å². The first kappa shape index (κ1) is 20.8. The molecule has 0 saturated carbocycles. The van der Waals surface area contributed by atoms with E-state index < -0.39 is 5.60 Å². The fourth-order valence-electron chi connectivity index (χ4n) is 4.32. The molecule has 5 nitrogen and oxygen atoms in total. The van der Waals surface area contributed by atoms with Crippen LogP contribution in [0.1, 0.15) is 46.5 Å². The van der Waals surface area contributed by atoms with Gasteiger partial charge in [-0.1, -0.05) is 11.6 Å². The van der Waals surface area contributed by atoms with Gasteiger partial charge in [0, 0.05) is 36.9 Å². The molecule has 6 heteroatoms. The summed E-state index contributed by atoms with van der Waals surface area (Å²) in [6.45, 7) is 16.5. The smallest absolute Gasteiger partial charge is 0.410 e. The average molecular weight is 404 g/mol. The van der Waals surface area contributed by atoms with Gasteiger partial charge in [-0.05, 0) is 76.5 Å². The van der Waals surface area contributed by atoms with Crippen molar-refractivity contribution >= 4 is 29.1 Å². The Morgan fingerprint density at radius 1 is 1.07 bits per heavy atom. The lowest BCUT2D eigenvalue weighted by Gasteiger charge is -2.41. The molecule has 2 heterocycles. The molecule has 28 heavy (non-hydrogen) atoms. The van der Waals surface area contributed by atoms with E-state index in [0.717, 1.165) is 57.5 Å². The molecule has 0 N–H and O–H groups in total. The molecule has 2 aliphatic heterocycles. The van der Waals surface area contributed by atoms with Gasteiger partial charge in [-0.15, -0.1) is 0 Å². The van der Waals surface area contributed by atoms with Gasteiger partial charge in [0.05, 0.1) is 6.57 Å². The van der Waals surface area contributed by atoms with Gasteiger partial charge in [0.1, 0.15) is 5.60 Å². The highest BCUT2D eigenvalue weighted by molar-refractivity contribution is 6.31. The second-order valence-electron chi connectivity index (χ2n) is 8.91. The Kier molecular flexibility index (Phi) is 6.40. The number of nitrogens with zero attached hydrogens (tertiary/aromatic N) is 3. The number of rotatable bonds is 2. The number of amides is 1. The Morgan fingerprint density at radius 2 is 1.64 bits per heavy atom. The molecule has 3 rings (SSSR count). The summed E-state index contributed by atoms with van der Waals surface area (Å²) in [6, 6.07) is 5.59. The van der Waals surface area contributed by atoms with E-state index in [9.17, 15) is 4.79 Å². The molecule has 0 atom stereocenters. The maximum atomic E-state index is 12.2. The second-order valence-corrected chi connectivity index (χ2v) is 9.35. The number of likely N-dealkylation sites (tertiary alicyclic amines) is 1. The van der Waals surface area contributed by atoms with E-state index in [1.165, 1.54) is 0 Å². The number of anilines is 1. The van der Waals surface area contributed by atoms with Crippen LogP contribution >= 0.6 is 11.6 Å². The number of hydrogen-bond donors (Lipinski definition) is 0. The number of carbonyl (C=O) groups excluding carboxylic acids is 1. The maximum absolute atomic E-state index is 12.2. The van der Waals surface area contributed by atoms with Gasteiger partial charge in [0.2, 0.25) is 0 Å². The van der Waals surface area contributed by atoms with Crippen molar-refractivity contribution in [1.29, 1.82) is 0 Å². The van der Waals surface area contributed by atoms with Gasteiger partial charge >= 0.3 is 6.09 Å². The van der Waals surface area contributed by atoms with Crippen molar-refractivity contribution < 1.29 is 9.53 Å². The Hall–Kier alpha value is -1.93. The minimum Gasteiger partial charge on any atom is -0.444 e. The third-order valence-corrected chi connectivity index (χ3v) is 5.98. The number of carbonyl (C=O) groups is 1. The van der Waals surface area contributed by atoms with E-state index in [1.54, 1.807) is 6.07 Å². The molecule has 0 aromatic heterocycles. The third-order valence-electron chi connectivity index (χ3n) is 5.76. The zero-order chi connectivity index (χ0) is 20.3. The van der Waals surface area contributed by atoms with Crippen LogP contribution in [0.2, 0.25) is 5.02 Å². The average Bonchev–Trinajstić information content (AvgIpc) is 2.66. The first-order valence-corrected chi connectivity index (χ1v) is 10.5. The van der Waals surface area contributed by atoms with Crippen molar-refractivity contribution in [1.82, 2.24) is 4.90 Å². The summed E-state index contributed by atoms with van der Waals surface area (Å²) in [5, 5.41) is 0.625. The Morgan fingerprint density at radius 3 is 2.18 bits per heavy atom. The molecular formula is C22H30ClN3O2. The van der Waals surface area contributed by atoms with Crippen LogP contribution in [-0.4, -0.2) is 42.8 Å². The summed E-state index contributed by atoms with van der Waals surface area (Å²) in [5.74, 6) is 1.38. The summed E-state index contributed by atoms with van der Waals surface area (Å²) in [5.41, 5.74) is 1.21. The van der Waals surface area contributed by atoms with Crippen molar-refractivity contribution in [2.24, 2.45) is 11.8 Å². The summed E-state index contributed by atoms with van der Waals surface area (Å²) < 4.78 is 5.50. The predicted octanol–water partition coefficient (Wildman–Crippen LogP) is 5.75. The van der Waals surface area contributed by atoms with E-state index in [0.29, 0.717) is 22.5 Å². The molecule has 0 aliphatic carbocycles. The molecule has 2 saturated heterocycles. The minimum atomic E-state index is -0.436. The van der Waals surface area contributed by atoms with Gasteiger partial charge in [-0.25, -0.2) is 9.64 Å². The SMILES string of the molecule is [C-]#[N+]c1cc(Cl)cc(N2CCC(C3CCN(C(=O)OC(C)(C)C)CC3)CC2)c1. The maximum Gasteiger partial charge on any atom is 0.410 e. The van der Waals surface area contributed by atoms with Crippen LogP contribution < -0.4 is 4.90 Å². The molecule has 1 amide bonds. The van der Waals surface area contributed by atoms with Gasteiger partial charge in [-0.2, -0.15) is 0 Å². The molecule has 2 aliphatic rings. The van der Waals surface area contributed by atoms with Crippen molar-refractivity contribution in [2.75, 3.05) is 31.1 Å². The van der Waals surface area contributed by atoms with E-state index >= 15 is 0 Å². The molecular weight excluding hydrogens is 374 g/mol. The topological polar surface area (TPSA) is 37.1 Å². The van der Waals surface area contributed by atoms with Crippen LogP contribution in [0.15, 0.2) is 18.2 Å². The molecule has 0 spiro atoms. The fraction of sp³-hybridized carbons (Fsp3) is 0.636. The fourth-order valence-corrected chi connectivity index (χ4v) is 4.54. The van der Waals surface area contributed by atoms with E-state index in [-0.39, 0.29) is 6.09 Å². The van der Waals surface area contributed by atoms with Crippen LogP contribution in [0, 0.1) is 18.4 Å². The molecule has 0 radical (unpaired) electrons. The van der Waals surface area contributed by atoms with E-state index in [2.05, 4.69) is 9.74 Å². The van der Waals surface area contributed by atoms with Crippen LogP contribution in [0.25, 0.3) is 4.85 Å². The van der Waals surface area contributed by atoms with Crippen molar-refractivity contribution in [3.05, 3.63) is 34.6 Å². The molecule has 152 valence electrons. The molecule has 1 aromatic rings. The summed E-state index contributed by atoms with van der Waals surface area (Å²) in [7, 11) is 0. The summed E-state index contributed by atoms with van der Waals surface area (Å²) in [6.07, 6.45) is 4.23. The van der Waals surface area contributed by atoms with Crippen LogP contribution in [0.3, 0.4) is 0 Å². The molecule has 0 bridgehead atoms. The highest BCUT2D eigenvalue weighted by Crippen LogP contribution is 2.35. The normalized spacial score (nSPS) is 19.4. The Balaban J connectivity index is 1.49. The zero-order valence-electron chi connectivity index (χ0n) is 17.1. The third kappa shape index (κ3) is 5.32. The van der Waals surface area contributed by atoms with Gasteiger partial charge < -0.3 is 14.5 Å². The van der Waals surface area contributed by atoms with Crippen molar-refractivity contribution in [2.45, 2.75) is 52.1 Å². The number of ether oxygens (including phenoxy) is 1. The highest BCUT2D eigenvalue weighted by Gasteiger charge is 2.32. The van der Waals surface area contributed by atoms with Gasteiger partial charge in [0.15, 0.2) is 5.69 Å². The summed E-state index contributed by atoms with van der Waals surface area (Å²) >= 11 is 6.17. The second kappa shape index (κ2) is 8.61. The first-order valence-electron chi connectivity index (χ1n) is 10.2. The molecule has 2 fully saturated rings. The number of piperidine rings is 2. The lowest BCUT2D eigenvalue weighted by atomic mass is 9.79. The number of hydrogen-bond acceptors (Lipinski definition) is 3. The van der Waals surface area contributed by atoms with Crippen LogP contribution in [0.4, 0.5) is 16.2 Å². The molecule has 1 aromatic carbocycles. The van der Waals surface area contributed by atoms with Crippen molar-refractivity contribution in [3.63, 3.8) is 0 Å². The predicted molar refractivity (Wildman–Crippen MR) is 113 cm³/mol. The van der Waals surface area contributed by atoms with Crippen molar-refractivity contribution in [3.8, 4) is 0 Å². The van der Waals surface area contributed by atoms with E-state index in [4.69, 9.17) is 22.9 Å². The monoisotopic (exact) mass is 403 g/mol. The zero-order valence-corrected chi connectivity index (χ0v) is 17.8. The lowest BCUT2D eigenvalue weighted by molar-refractivity contribution is 0.0152. The van der Waals surface area contributed by atoms with E-state index in [1.807, 2.05) is 37.8 Å².